The number of ether oxygens (including phenoxy) is 1. The standard InChI is InChI=1S/C22H36N4O4S/c1-16(23-9-10-27)15-31(28,29)25-18-5-6-20-19(13-18)24-21(22(2,3)4)26(20)14-17-7-11-30-12-8-17/h5-6,13,16-17,23,25,27H,7-12,14-15H2,1-4H3. The fraction of sp³-hybridized carbons (Fsp3) is 0.682. The molecule has 0 spiro atoms. The molecule has 1 aliphatic rings. The van der Waals surface area contributed by atoms with Gasteiger partial charge in [-0.2, -0.15) is 0 Å². The van der Waals surface area contributed by atoms with Crippen molar-refractivity contribution in [2.75, 3.05) is 36.8 Å². The zero-order valence-electron chi connectivity index (χ0n) is 19.0. The van der Waals surface area contributed by atoms with E-state index in [0.29, 0.717) is 18.2 Å². The molecule has 3 N–H and O–H groups in total. The van der Waals surface area contributed by atoms with Crippen molar-refractivity contribution >= 4 is 26.7 Å². The van der Waals surface area contributed by atoms with Crippen LogP contribution in [0.15, 0.2) is 18.2 Å². The molecule has 2 heterocycles. The summed E-state index contributed by atoms with van der Waals surface area (Å²) in [5.74, 6) is 1.49. The lowest BCUT2D eigenvalue weighted by molar-refractivity contribution is 0.0611. The molecule has 0 saturated carbocycles. The van der Waals surface area contributed by atoms with E-state index in [-0.39, 0.29) is 23.8 Å². The number of aromatic nitrogens is 2. The summed E-state index contributed by atoms with van der Waals surface area (Å²) in [6, 6.07) is 5.32. The Hall–Kier alpha value is -1.68. The Morgan fingerprint density at radius 1 is 1.29 bits per heavy atom. The van der Waals surface area contributed by atoms with E-state index < -0.39 is 10.0 Å². The molecular weight excluding hydrogens is 416 g/mol. The number of aliphatic hydroxyl groups excluding tert-OH is 1. The molecule has 1 fully saturated rings. The quantitative estimate of drug-likeness (QED) is 0.540. The van der Waals surface area contributed by atoms with Crippen LogP contribution >= 0.6 is 0 Å². The molecular formula is C22H36N4O4S. The number of imidazole rings is 1. The topological polar surface area (TPSA) is 105 Å². The minimum atomic E-state index is -3.53. The SMILES string of the molecule is CC(CS(=O)(=O)Nc1ccc2c(c1)nc(C(C)(C)C)n2CC1CCOCC1)NCCO. The Kier molecular flexibility index (Phi) is 7.62. The van der Waals surface area contributed by atoms with E-state index in [1.165, 1.54) is 0 Å². The lowest BCUT2D eigenvalue weighted by Gasteiger charge is -2.26. The number of aliphatic hydroxyl groups is 1. The van der Waals surface area contributed by atoms with E-state index in [2.05, 4.69) is 35.4 Å². The van der Waals surface area contributed by atoms with Gasteiger partial charge in [0.2, 0.25) is 10.0 Å². The second-order valence-electron chi connectivity index (χ2n) is 9.52. The summed E-state index contributed by atoms with van der Waals surface area (Å²) in [6.07, 6.45) is 2.09. The van der Waals surface area contributed by atoms with Crippen LogP contribution in [0.3, 0.4) is 0 Å². The predicted molar refractivity (Wildman–Crippen MR) is 124 cm³/mol. The molecule has 1 atom stereocenters. The third-order valence-electron chi connectivity index (χ3n) is 5.55. The van der Waals surface area contributed by atoms with Crippen molar-refractivity contribution in [2.24, 2.45) is 5.92 Å². The summed E-state index contributed by atoms with van der Waals surface area (Å²) in [7, 11) is -3.53. The summed E-state index contributed by atoms with van der Waals surface area (Å²) in [5, 5.41) is 11.9. The normalized spacial score (nSPS) is 17.2. The second-order valence-corrected chi connectivity index (χ2v) is 11.3. The average Bonchev–Trinajstić information content (AvgIpc) is 3.04. The first-order valence-electron chi connectivity index (χ1n) is 11.0. The van der Waals surface area contributed by atoms with E-state index in [1.807, 2.05) is 12.1 Å². The number of sulfonamides is 1. The molecule has 174 valence electrons. The number of fused-ring (bicyclic) bond motifs is 1. The van der Waals surface area contributed by atoms with Gasteiger partial charge in [0.25, 0.3) is 0 Å². The monoisotopic (exact) mass is 452 g/mol. The molecule has 0 bridgehead atoms. The number of anilines is 1. The maximum absolute atomic E-state index is 12.6. The van der Waals surface area contributed by atoms with Gasteiger partial charge in [-0.25, -0.2) is 13.4 Å². The van der Waals surface area contributed by atoms with Crippen molar-refractivity contribution in [2.45, 2.75) is 58.5 Å². The average molecular weight is 453 g/mol. The van der Waals surface area contributed by atoms with E-state index in [4.69, 9.17) is 14.8 Å². The van der Waals surface area contributed by atoms with Gasteiger partial charge in [-0.15, -0.1) is 0 Å². The molecule has 8 nitrogen and oxygen atoms in total. The van der Waals surface area contributed by atoms with Crippen LogP contribution in [-0.2, 0) is 26.7 Å². The highest BCUT2D eigenvalue weighted by Crippen LogP contribution is 2.30. The zero-order valence-corrected chi connectivity index (χ0v) is 19.8. The third-order valence-corrected chi connectivity index (χ3v) is 7.03. The molecule has 0 amide bonds. The largest absolute Gasteiger partial charge is 0.395 e. The van der Waals surface area contributed by atoms with Crippen LogP contribution in [0.1, 0.15) is 46.4 Å². The van der Waals surface area contributed by atoms with Crippen LogP contribution in [0.4, 0.5) is 5.69 Å². The Morgan fingerprint density at radius 3 is 2.65 bits per heavy atom. The van der Waals surface area contributed by atoms with Crippen LogP contribution in [0.5, 0.6) is 0 Å². The molecule has 9 heteroatoms. The number of hydrogen-bond acceptors (Lipinski definition) is 6. The predicted octanol–water partition coefficient (Wildman–Crippen LogP) is 2.47. The van der Waals surface area contributed by atoms with E-state index in [0.717, 1.165) is 49.5 Å². The number of nitrogens with one attached hydrogen (secondary N) is 2. The van der Waals surface area contributed by atoms with Gasteiger partial charge in [-0.05, 0) is 43.9 Å². The lowest BCUT2D eigenvalue weighted by atomic mass is 9.94. The zero-order chi connectivity index (χ0) is 22.6. The van der Waals surface area contributed by atoms with Crippen LogP contribution in [0.2, 0.25) is 0 Å². The van der Waals surface area contributed by atoms with Crippen molar-refractivity contribution in [1.29, 1.82) is 0 Å². The van der Waals surface area contributed by atoms with Crippen molar-refractivity contribution in [3.05, 3.63) is 24.0 Å². The first-order chi connectivity index (χ1) is 14.6. The number of hydrogen-bond donors (Lipinski definition) is 3. The number of nitrogens with zero attached hydrogens (tertiary/aromatic N) is 2. The molecule has 2 aromatic rings. The van der Waals surface area contributed by atoms with Crippen molar-refractivity contribution < 1.29 is 18.3 Å². The fourth-order valence-electron chi connectivity index (χ4n) is 4.06. The molecule has 0 radical (unpaired) electrons. The maximum atomic E-state index is 12.6. The van der Waals surface area contributed by atoms with Crippen molar-refractivity contribution in [3.63, 3.8) is 0 Å². The maximum Gasteiger partial charge on any atom is 0.234 e. The van der Waals surface area contributed by atoms with Crippen molar-refractivity contribution in [3.8, 4) is 0 Å². The summed E-state index contributed by atoms with van der Waals surface area (Å²) < 4.78 is 35.6. The Bertz CT molecular complexity index is 975. The minimum Gasteiger partial charge on any atom is -0.395 e. The van der Waals surface area contributed by atoms with Gasteiger partial charge in [-0.3, -0.25) is 4.72 Å². The molecule has 1 saturated heterocycles. The van der Waals surface area contributed by atoms with E-state index in [1.54, 1.807) is 13.0 Å². The van der Waals surface area contributed by atoms with Crippen LogP contribution in [0, 0.1) is 5.92 Å². The van der Waals surface area contributed by atoms with Gasteiger partial charge in [-0.1, -0.05) is 20.8 Å². The van der Waals surface area contributed by atoms with Gasteiger partial charge in [0.1, 0.15) is 5.82 Å². The molecule has 1 aromatic carbocycles. The van der Waals surface area contributed by atoms with E-state index in [9.17, 15) is 8.42 Å². The fourth-order valence-corrected chi connectivity index (χ4v) is 5.40. The van der Waals surface area contributed by atoms with E-state index >= 15 is 0 Å². The van der Waals surface area contributed by atoms with Gasteiger partial charge >= 0.3 is 0 Å². The molecule has 1 aliphatic heterocycles. The summed E-state index contributed by atoms with van der Waals surface area (Å²) in [4.78, 5) is 4.90. The Balaban J connectivity index is 1.85. The first kappa shape index (κ1) is 24.0. The van der Waals surface area contributed by atoms with Crippen molar-refractivity contribution in [1.82, 2.24) is 14.9 Å². The van der Waals surface area contributed by atoms with Gasteiger partial charge in [0.15, 0.2) is 0 Å². The van der Waals surface area contributed by atoms with Gasteiger partial charge in [0, 0.05) is 37.8 Å². The van der Waals surface area contributed by atoms with Gasteiger partial charge < -0.3 is 19.7 Å². The van der Waals surface area contributed by atoms with Crippen LogP contribution < -0.4 is 10.0 Å². The molecule has 0 aliphatic carbocycles. The number of rotatable bonds is 9. The second kappa shape index (κ2) is 9.85. The number of benzene rings is 1. The summed E-state index contributed by atoms with van der Waals surface area (Å²) in [5.41, 5.74) is 2.21. The highest BCUT2D eigenvalue weighted by atomic mass is 32.2. The minimum absolute atomic E-state index is 0.0267. The molecule has 31 heavy (non-hydrogen) atoms. The van der Waals surface area contributed by atoms with Crippen LogP contribution in [0.25, 0.3) is 11.0 Å². The summed E-state index contributed by atoms with van der Waals surface area (Å²) >= 11 is 0. The third kappa shape index (κ3) is 6.41. The highest BCUT2D eigenvalue weighted by molar-refractivity contribution is 7.92. The first-order valence-corrected chi connectivity index (χ1v) is 12.7. The Labute approximate surface area is 185 Å². The highest BCUT2D eigenvalue weighted by Gasteiger charge is 2.26. The Morgan fingerprint density at radius 2 is 2.00 bits per heavy atom. The molecule has 1 unspecified atom stereocenters. The van der Waals surface area contributed by atoms with Crippen LogP contribution in [-0.4, -0.2) is 61.2 Å². The summed E-state index contributed by atoms with van der Waals surface area (Å²) in [6.45, 7) is 11.1. The molecule has 3 rings (SSSR count). The smallest absolute Gasteiger partial charge is 0.234 e. The lowest BCUT2D eigenvalue weighted by Crippen LogP contribution is -2.36. The molecule has 1 aromatic heterocycles. The van der Waals surface area contributed by atoms with Gasteiger partial charge in [0.05, 0.1) is 29.1 Å².